The van der Waals surface area contributed by atoms with Crippen LogP contribution in [0.4, 0.5) is 0 Å². The van der Waals surface area contributed by atoms with Crippen LogP contribution in [-0.2, 0) is 5.41 Å². The molecule has 0 aromatic heterocycles. The molecule has 0 heteroatoms. The van der Waals surface area contributed by atoms with Crippen LogP contribution in [0.2, 0.25) is 0 Å². The molecule has 1 saturated carbocycles. The van der Waals surface area contributed by atoms with Crippen LogP contribution in [0, 0.1) is 20.8 Å². The second-order valence-electron chi connectivity index (χ2n) is 15.3. The third kappa shape index (κ3) is 12.5. The average Bonchev–Trinajstić information content (AvgIpc) is 3.49. The molecule has 6 aromatic rings. The lowest BCUT2D eigenvalue weighted by Gasteiger charge is -2.31. The van der Waals surface area contributed by atoms with Gasteiger partial charge in [-0.05, 0) is 103 Å². The van der Waals surface area contributed by atoms with E-state index in [-0.39, 0.29) is 5.41 Å². The molecule has 302 valence electrons. The quantitative estimate of drug-likeness (QED) is 0.153. The lowest BCUT2D eigenvalue weighted by molar-refractivity contribution is 0.504. The molecule has 0 nitrogen and oxygen atoms in total. The van der Waals surface area contributed by atoms with Crippen molar-refractivity contribution in [2.45, 2.75) is 107 Å². The maximum Gasteiger partial charge on any atom is 0.0441 e. The fourth-order valence-corrected chi connectivity index (χ4v) is 7.12. The van der Waals surface area contributed by atoms with Crippen molar-refractivity contribution >= 4 is 0 Å². The molecular weight excluding hydrogens is 697 g/mol. The second-order valence-corrected chi connectivity index (χ2v) is 15.3. The van der Waals surface area contributed by atoms with Crippen molar-refractivity contribution < 1.29 is 0 Å². The number of fused-ring (bicyclic) bond motifs is 3. The Hall–Kier alpha value is -5.46. The summed E-state index contributed by atoms with van der Waals surface area (Å²) in [6, 6.07) is 52.3. The van der Waals surface area contributed by atoms with Gasteiger partial charge < -0.3 is 0 Å². The fourth-order valence-electron chi connectivity index (χ4n) is 7.12. The molecule has 0 aliphatic heterocycles. The van der Waals surface area contributed by atoms with Gasteiger partial charge in [0.2, 0.25) is 0 Å². The summed E-state index contributed by atoms with van der Waals surface area (Å²) < 4.78 is 0. The van der Waals surface area contributed by atoms with Crippen molar-refractivity contribution in [3.8, 4) is 33.4 Å². The molecule has 6 aromatic carbocycles. The molecule has 0 heterocycles. The Morgan fingerprint density at radius 1 is 0.534 bits per heavy atom. The van der Waals surface area contributed by atoms with E-state index in [1.165, 1.54) is 98.9 Å². The topological polar surface area (TPSA) is 0 Å². The van der Waals surface area contributed by atoms with Crippen molar-refractivity contribution in [2.75, 3.05) is 0 Å². The van der Waals surface area contributed by atoms with Gasteiger partial charge in [0.15, 0.2) is 0 Å². The molecule has 2 aliphatic rings. The molecule has 0 bridgehead atoms. The van der Waals surface area contributed by atoms with E-state index in [1.54, 1.807) is 0 Å². The molecule has 0 spiro atoms. The molecule has 2 aliphatic carbocycles. The van der Waals surface area contributed by atoms with Crippen LogP contribution in [-0.4, -0.2) is 0 Å². The van der Waals surface area contributed by atoms with Gasteiger partial charge in [-0.1, -0.05) is 247 Å². The predicted octanol–water partition coefficient (Wildman–Crippen LogP) is 17.7. The zero-order valence-corrected chi connectivity index (χ0v) is 37.5. The normalized spacial score (nSPS) is 14.1. The molecular formula is C58H70. The molecule has 8 rings (SSSR count). The van der Waals surface area contributed by atoms with Gasteiger partial charge in [0.1, 0.15) is 0 Å². The molecule has 1 atom stereocenters. The number of allylic oxidation sites excluding steroid dienone is 4. The number of benzene rings is 6. The largest absolute Gasteiger partial charge is 0.0988 e. The summed E-state index contributed by atoms with van der Waals surface area (Å²) in [6.45, 7) is 28.5. The summed E-state index contributed by atoms with van der Waals surface area (Å²) in [6.07, 6.45) is 11.1. The number of rotatable bonds is 5. The highest BCUT2D eigenvalue weighted by molar-refractivity contribution is 5.87. The molecule has 1 fully saturated rings. The zero-order chi connectivity index (χ0) is 42.5. The first-order valence-corrected chi connectivity index (χ1v) is 21.5. The summed E-state index contributed by atoms with van der Waals surface area (Å²) in [5.41, 5.74) is 18.2. The van der Waals surface area contributed by atoms with E-state index in [0.29, 0.717) is 0 Å². The fraction of sp³-hybridized carbons (Fsp3) is 0.276. The summed E-state index contributed by atoms with van der Waals surface area (Å²) in [7, 11) is 0. The first kappa shape index (κ1) is 46.9. The maximum absolute atomic E-state index is 3.72. The van der Waals surface area contributed by atoms with Crippen LogP contribution in [0.1, 0.15) is 114 Å². The van der Waals surface area contributed by atoms with Crippen LogP contribution in [0.5, 0.6) is 0 Å². The predicted molar refractivity (Wildman–Crippen MR) is 260 cm³/mol. The van der Waals surface area contributed by atoms with Gasteiger partial charge in [-0.3, -0.25) is 0 Å². The van der Waals surface area contributed by atoms with Crippen LogP contribution in [0.25, 0.3) is 33.4 Å². The van der Waals surface area contributed by atoms with Gasteiger partial charge in [-0.25, -0.2) is 0 Å². The van der Waals surface area contributed by atoms with Crippen molar-refractivity contribution in [2.24, 2.45) is 0 Å². The second kappa shape index (κ2) is 24.3. The Morgan fingerprint density at radius 3 is 1.47 bits per heavy atom. The minimum Gasteiger partial charge on any atom is -0.0988 e. The number of hydrogen-bond donors (Lipinski definition) is 0. The highest BCUT2D eigenvalue weighted by atomic mass is 14.4. The molecule has 0 radical (unpaired) electrons. The molecule has 58 heavy (non-hydrogen) atoms. The summed E-state index contributed by atoms with van der Waals surface area (Å²) in [5.74, 6) is 0. The summed E-state index contributed by atoms with van der Waals surface area (Å²) in [4.78, 5) is 0. The number of hydrogen-bond acceptors (Lipinski definition) is 0. The van der Waals surface area contributed by atoms with Crippen molar-refractivity contribution in [1.82, 2.24) is 0 Å². The van der Waals surface area contributed by atoms with E-state index in [1.807, 2.05) is 45.9 Å². The number of aryl methyl sites for hydroxylation is 3. The Bertz CT molecular complexity index is 2170. The molecule has 0 saturated heterocycles. The van der Waals surface area contributed by atoms with Crippen LogP contribution < -0.4 is 0 Å². The van der Waals surface area contributed by atoms with Crippen molar-refractivity contribution in [3.63, 3.8) is 0 Å². The minimum atomic E-state index is -0.170. The Kier molecular flexibility index (Phi) is 19.7. The highest BCUT2D eigenvalue weighted by Crippen LogP contribution is 2.55. The lowest BCUT2D eigenvalue weighted by Crippen LogP contribution is -2.23. The molecule has 0 amide bonds. The Morgan fingerprint density at radius 2 is 0.966 bits per heavy atom. The average molecular weight is 767 g/mol. The maximum atomic E-state index is 3.72. The zero-order valence-electron chi connectivity index (χ0n) is 37.5. The van der Waals surface area contributed by atoms with Gasteiger partial charge >= 0.3 is 0 Å². The summed E-state index contributed by atoms with van der Waals surface area (Å²) in [5, 5.41) is 0. The Labute approximate surface area is 354 Å². The first-order chi connectivity index (χ1) is 28.1. The van der Waals surface area contributed by atoms with Crippen LogP contribution >= 0.6 is 0 Å². The van der Waals surface area contributed by atoms with Crippen LogP contribution in [0.3, 0.4) is 0 Å². The van der Waals surface area contributed by atoms with E-state index in [4.69, 9.17) is 0 Å². The van der Waals surface area contributed by atoms with Crippen LogP contribution in [0.15, 0.2) is 182 Å². The van der Waals surface area contributed by atoms with Gasteiger partial charge in [0.05, 0.1) is 0 Å². The molecule has 0 N–H and O–H groups in total. The summed E-state index contributed by atoms with van der Waals surface area (Å²) >= 11 is 0. The lowest BCUT2D eigenvalue weighted by atomic mass is 9.71. The third-order valence-electron chi connectivity index (χ3n) is 10.4. The molecule has 1 unspecified atom stereocenters. The van der Waals surface area contributed by atoms with Crippen molar-refractivity contribution in [3.05, 3.63) is 215 Å². The van der Waals surface area contributed by atoms with E-state index >= 15 is 0 Å². The van der Waals surface area contributed by atoms with Gasteiger partial charge in [-0.2, -0.15) is 0 Å². The van der Waals surface area contributed by atoms with Gasteiger partial charge in [0.25, 0.3) is 0 Å². The standard InChI is InChI=1S/C28H24.C13H12.C8H12.C4H8.C3H8.C2H6/c1-19-11-4-5-13-21(19)22-14-6-8-16-24(22)28(3)25-17-9-7-15-23(25)27-20(2)12-10-18-26(27)28;1-11-7-9-13(10-8-11)12-5-3-2-4-6-12;1-5-8(4)6-7(2)3;1-2-4-3-1;1-3-2;1-2/h4-18H,1-3H3;2-10H,1H3;5-6H,1-2H2,3-4H3;1-4H2;3H2,1-2H3;1-2H3/b;;8-6+;;;. The van der Waals surface area contributed by atoms with Crippen molar-refractivity contribution in [1.29, 1.82) is 0 Å². The Balaban J connectivity index is 0.000000247. The third-order valence-corrected chi connectivity index (χ3v) is 10.4. The smallest absolute Gasteiger partial charge is 0.0441 e. The van der Waals surface area contributed by atoms with E-state index in [0.717, 1.165) is 11.1 Å². The SMILES string of the molecule is C1CCC1.C=C/C(C)=C/C(=C)C.CC.CCC.Cc1ccc(-c2ccccc2)cc1.Cc1ccccc1-c1ccccc1C1(C)c2ccccc2-c2c(C)cccc21. The van der Waals surface area contributed by atoms with E-state index < -0.39 is 0 Å². The van der Waals surface area contributed by atoms with Gasteiger partial charge in [-0.15, -0.1) is 0 Å². The van der Waals surface area contributed by atoms with Gasteiger partial charge in [0, 0.05) is 5.41 Å². The monoisotopic (exact) mass is 767 g/mol. The van der Waals surface area contributed by atoms with E-state index in [9.17, 15) is 0 Å². The first-order valence-electron chi connectivity index (χ1n) is 21.5. The highest BCUT2D eigenvalue weighted by Gasteiger charge is 2.42. The van der Waals surface area contributed by atoms with E-state index in [2.05, 4.69) is 194 Å². The minimum absolute atomic E-state index is 0.170.